The first-order valence-corrected chi connectivity index (χ1v) is 12.6. The van der Waals surface area contributed by atoms with Gasteiger partial charge in [0.2, 0.25) is 21.6 Å². The molecule has 5 heterocycles. The van der Waals surface area contributed by atoms with Gasteiger partial charge in [-0.05, 0) is 24.6 Å². The highest BCUT2D eigenvalue weighted by Crippen LogP contribution is 2.36. The Bertz CT molecular complexity index is 1740. The number of nitrogens with zero attached hydrogens (tertiary/aromatic N) is 8. The Kier molecular flexibility index (Phi) is 4.51. The maximum atomic E-state index is 13.6. The number of hydrogen-bond donors (Lipinski definition) is 0. The lowest BCUT2D eigenvalue weighted by atomic mass is 10.0. The Hall–Kier alpha value is -3.77. The van der Waals surface area contributed by atoms with E-state index in [-0.39, 0.29) is 28.1 Å². The highest BCUT2D eigenvalue weighted by Gasteiger charge is 2.37. The van der Waals surface area contributed by atoms with Crippen molar-refractivity contribution in [2.24, 2.45) is 0 Å². The van der Waals surface area contributed by atoms with Gasteiger partial charge in [0.05, 0.1) is 16.8 Å². The van der Waals surface area contributed by atoms with Crippen molar-refractivity contribution in [2.75, 3.05) is 17.7 Å². The van der Waals surface area contributed by atoms with Gasteiger partial charge in [0.25, 0.3) is 10.7 Å². The van der Waals surface area contributed by atoms with Crippen LogP contribution in [0.25, 0.3) is 17.0 Å². The number of benzene rings is 1. The van der Waals surface area contributed by atoms with Crippen molar-refractivity contribution in [1.29, 1.82) is 0 Å². The Balaban J connectivity index is 1.57. The summed E-state index contributed by atoms with van der Waals surface area (Å²) in [4.78, 5) is 28.0. The van der Waals surface area contributed by atoms with Crippen LogP contribution in [-0.2, 0) is 9.84 Å². The van der Waals surface area contributed by atoms with Gasteiger partial charge in [-0.2, -0.15) is 15.1 Å². The Morgan fingerprint density at radius 1 is 1.09 bits per heavy atom. The van der Waals surface area contributed by atoms with Gasteiger partial charge in [0.15, 0.2) is 5.82 Å². The largest absolute Gasteiger partial charge is 0.331 e. The molecule has 5 aromatic rings. The molecule has 4 aromatic heterocycles. The van der Waals surface area contributed by atoms with Gasteiger partial charge >= 0.3 is 0 Å². The number of para-hydroxylation sites is 1. The number of imidazole rings is 1. The zero-order chi connectivity index (χ0) is 23.6. The second kappa shape index (κ2) is 7.37. The highest BCUT2D eigenvalue weighted by molar-refractivity contribution is 7.90. The number of hydrogen-bond acceptors (Lipinski definition) is 8. The second-order valence-electron chi connectivity index (χ2n) is 7.96. The SMILES string of the molecule is CS(=O)(=O)c1nc(N2CC[C@H]2c2nn3ccc(Cl)c3c(=O)n2-c2ccccc2)n2ccnc2n1. The topological polar surface area (TPSA) is 120 Å². The predicted molar refractivity (Wildman–Crippen MR) is 124 cm³/mol. The molecule has 13 heteroatoms. The van der Waals surface area contributed by atoms with Gasteiger partial charge in [-0.1, -0.05) is 29.8 Å². The van der Waals surface area contributed by atoms with Gasteiger partial charge in [-0.25, -0.2) is 17.9 Å². The van der Waals surface area contributed by atoms with Crippen LogP contribution in [0, 0.1) is 0 Å². The van der Waals surface area contributed by atoms with Crippen molar-refractivity contribution in [3.05, 3.63) is 76.2 Å². The van der Waals surface area contributed by atoms with Crippen molar-refractivity contribution in [3.63, 3.8) is 0 Å². The molecule has 0 spiro atoms. The summed E-state index contributed by atoms with van der Waals surface area (Å²) >= 11 is 6.29. The minimum absolute atomic E-state index is 0.220. The number of halogens is 1. The summed E-state index contributed by atoms with van der Waals surface area (Å²) in [5.74, 6) is 1.06. The molecule has 11 nitrogen and oxygen atoms in total. The summed E-state index contributed by atoms with van der Waals surface area (Å²) in [7, 11) is -3.67. The van der Waals surface area contributed by atoms with Gasteiger partial charge in [0, 0.05) is 31.4 Å². The van der Waals surface area contributed by atoms with Crippen LogP contribution in [0.15, 0.2) is 64.9 Å². The summed E-state index contributed by atoms with van der Waals surface area (Å²) in [6, 6.07) is 10.5. The molecular formula is C21H17ClN8O3S. The maximum absolute atomic E-state index is 13.6. The summed E-state index contributed by atoms with van der Waals surface area (Å²) in [5.41, 5.74) is 0.623. The molecule has 1 saturated heterocycles. The van der Waals surface area contributed by atoms with Crippen LogP contribution in [0.2, 0.25) is 5.02 Å². The van der Waals surface area contributed by atoms with E-state index in [0.29, 0.717) is 35.4 Å². The van der Waals surface area contributed by atoms with Crippen molar-refractivity contribution in [1.82, 2.24) is 33.5 Å². The van der Waals surface area contributed by atoms with Crippen LogP contribution in [0.1, 0.15) is 18.3 Å². The van der Waals surface area contributed by atoms with Crippen LogP contribution >= 0.6 is 11.6 Å². The molecule has 0 bridgehead atoms. The van der Waals surface area contributed by atoms with E-state index in [1.54, 1.807) is 27.4 Å². The fourth-order valence-corrected chi connectivity index (χ4v) is 4.86. The van der Waals surface area contributed by atoms with E-state index >= 15 is 0 Å². The van der Waals surface area contributed by atoms with E-state index in [1.165, 1.54) is 10.7 Å². The molecule has 1 aromatic carbocycles. The normalized spacial score (nSPS) is 16.3. The Labute approximate surface area is 197 Å². The standard InChI is InChI=1S/C21H17ClN8O3S/c1-34(32,33)20-24-19-23-9-12-28(19)21(25-20)27-10-8-15(27)17-26-29-11-7-14(22)16(29)18(31)30(17)13-5-3-2-4-6-13/h2-7,9,11-12,15H,8,10H2,1H3/t15-/m0/s1. The average Bonchev–Trinajstić information content (AvgIpc) is 3.40. The van der Waals surface area contributed by atoms with Crippen LogP contribution in [-0.4, -0.2) is 54.8 Å². The monoisotopic (exact) mass is 496 g/mol. The smallest absolute Gasteiger partial charge is 0.284 e. The fraction of sp³-hybridized carbons (Fsp3) is 0.190. The van der Waals surface area contributed by atoms with E-state index < -0.39 is 9.84 Å². The van der Waals surface area contributed by atoms with Crippen LogP contribution in [0.3, 0.4) is 0 Å². The Morgan fingerprint density at radius 3 is 2.59 bits per heavy atom. The average molecular weight is 497 g/mol. The van der Waals surface area contributed by atoms with E-state index in [2.05, 4.69) is 15.0 Å². The zero-order valence-corrected chi connectivity index (χ0v) is 19.3. The van der Waals surface area contributed by atoms with E-state index in [0.717, 1.165) is 6.26 Å². The molecule has 0 saturated carbocycles. The third kappa shape index (κ3) is 3.10. The Morgan fingerprint density at radius 2 is 1.88 bits per heavy atom. The molecule has 1 aliphatic rings. The first-order valence-electron chi connectivity index (χ1n) is 10.4. The van der Waals surface area contributed by atoms with E-state index in [9.17, 15) is 13.2 Å². The first kappa shape index (κ1) is 20.8. The third-order valence-corrected chi connectivity index (χ3v) is 6.96. The zero-order valence-electron chi connectivity index (χ0n) is 17.8. The summed E-state index contributed by atoms with van der Waals surface area (Å²) in [5, 5.41) is 4.74. The lowest BCUT2D eigenvalue weighted by Crippen LogP contribution is -2.46. The molecule has 0 N–H and O–H groups in total. The molecule has 1 aliphatic heterocycles. The molecule has 6 rings (SSSR count). The lowest BCUT2D eigenvalue weighted by molar-refractivity contribution is 0.415. The van der Waals surface area contributed by atoms with Crippen molar-refractivity contribution >= 4 is 38.7 Å². The quantitative estimate of drug-likeness (QED) is 0.370. The van der Waals surface area contributed by atoms with Gasteiger partial charge in [0.1, 0.15) is 5.52 Å². The number of anilines is 1. The molecule has 0 radical (unpaired) electrons. The fourth-order valence-electron chi connectivity index (χ4n) is 4.14. The number of rotatable bonds is 4. The molecule has 34 heavy (non-hydrogen) atoms. The first-order chi connectivity index (χ1) is 16.3. The van der Waals surface area contributed by atoms with Crippen molar-refractivity contribution < 1.29 is 8.42 Å². The number of fused-ring (bicyclic) bond motifs is 2. The van der Waals surface area contributed by atoms with E-state index in [1.807, 2.05) is 35.2 Å². The van der Waals surface area contributed by atoms with Gasteiger partial charge in [-0.3, -0.25) is 13.8 Å². The molecule has 0 aliphatic carbocycles. The van der Waals surface area contributed by atoms with Crippen LogP contribution in [0.4, 0.5) is 5.95 Å². The predicted octanol–water partition coefficient (Wildman–Crippen LogP) is 1.93. The summed E-state index contributed by atoms with van der Waals surface area (Å²) in [6.45, 7) is 0.577. The van der Waals surface area contributed by atoms with Crippen LogP contribution < -0.4 is 10.5 Å². The van der Waals surface area contributed by atoms with Gasteiger partial charge < -0.3 is 4.90 Å². The highest BCUT2D eigenvalue weighted by atomic mass is 35.5. The third-order valence-electron chi connectivity index (χ3n) is 5.81. The lowest BCUT2D eigenvalue weighted by Gasteiger charge is -2.41. The maximum Gasteiger partial charge on any atom is 0.284 e. The molecule has 0 unspecified atom stereocenters. The van der Waals surface area contributed by atoms with Crippen LogP contribution in [0.5, 0.6) is 0 Å². The number of aromatic nitrogens is 7. The molecule has 1 atom stereocenters. The molecule has 1 fully saturated rings. The second-order valence-corrected chi connectivity index (χ2v) is 10.3. The van der Waals surface area contributed by atoms with E-state index in [4.69, 9.17) is 16.7 Å². The van der Waals surface area contributed by atoms with Crippen molar-refractivity contribution in [2.45, 2.75) is 17.6 Å². The van der Waals surface area contributed by atoms with Crippen molar-refractivity contribution in [3.8, 4) is 5.69 Å². The summed E-state index contributed by atoms with van der Waals surface area (Å²) in [6.07, 6.45) is 6.56. The van der Waals surface area contributed by atoms with Gasteiger partial charge in [-0.15, -0.1) is 0 Å². The molecule has 0 amide bonds. The minimum atomic E-state index is -3.67. The number of sulfone groups is 1. The molecular weight excluding hydrogens is 480 g/mol. The minimum Gasteiger partial charge on any atom is -0.331 e. The summed E-state index contributed by atoms with van der Waals surface area (Å²) < 4.78 is 29.1. The molecule has 172 valence electrons.